The van der Waals surface area contributed by atoms with Crippen LogP contribution in [0, 0.1) is 11.6 Å². The zero-order chi connectivity index (χ0) is 26.3. The third-order valence-corrected chi connectivity index (χ3v) is 6.86. The third-order valence-electron chi connectivity index (χ3n) is 6.86. The lowest BCUT2D eigenvalue weighted by Gasteiger charge is -2.38. The second-order valence-electron chi connectivity index (χ2n) is 9.08. The van der Waals surface area contributed by atoms with Crippen LogP contribution >= 0.6 is 0 Å². The number of hydrogen-bond donors (Lipinski definition) is 0. The van der Waals surface area contributed by atoms with Crippen LogP contribution in [0.2, 0.25) is 0 Å². The molecule has 2 aliphatic rings. The molecule has 2 aromatic heterocycles. The highest BCUT2D eigenvalue weighted by atomic mass is 19.4. The largest absolute Gasteiger partial charge is 0.491 e. The molecule has 0 spiro atoms. The van der Waals surface area contributed by atoms with Crippen molar-refractivity contribution >= 4 is 16.9 Å². The third kappa shape index (κ3) is 4.91. The smallest absolute Gasteiger partial charge is 0.419 e. The van der Waals surface area contributed by atoms with Crippen LogP contribution in [0.15, 0.2) is 10.6 Å². The van der Waals surface area contributed by atoms with Crippen molar-refractivity contribution in [2.24, 2.45) is 0 Å². The minimum absolute atomic E-state index is 0.0466. The lowest BCUT2D eigenvalue weighted by atomic mass is 9.94. The van der Waals surface area contributed by atoms with Gasteiger partial charge < -0.3 is 18.9 Å². The molecule has 14 heteroatoms. The van der Waals surface area contributed by atoms with Gasteiger partial charge in [-0.05, 0) is 50.4 Å². The number of piperidine rings is 1. The first-order valence-electron chi connectivity index (χ1n) is 12.0. The Balaban J connectivity index is 1.44. The molecule has 2 saturated heterocycles. The summed E-state index contributed by atoms with van der Waals surface area (Å²) in [7, 11) is 0. The molecule has 5 rings (SSSR count). The quantitative estimate of drug-likeness (QED) is 0.277. The summed E-state index contributed by atoms with van der Waals surface area (Å²) in [6.07, 6.45) is -1.71. The van der Waals surface area contributed by atoms with Gasteiger partial charge in [0.25, 0.3) is 5.95 Å². The van der Waals surface area contributed by atoms with E-state index >= 15 is 0 Å². The minimum atomic E-state index is -5.33. The maximum absolute atomic E-state index is 14.9. The Morgan fingerprint density at radius 3 is 2.51 bits per heavy atom. The van der Waals surface area contributed by atoms with Gasteiger partial charge in [-0.3, -0.25) is 0 Å². The average molecular weight is 529 g/mol. The molecule has 3 aromatic rings. The molecule has 1 aromatic carbocycles. The molecule has 0 N–H and O–H groups in total. The number of fused-ring (bicyclic) bond motifs is 1. The fourth-order valence-electron chi connectivity index (χ4n) is 4.96. The monoisotopic (exact) mass is 529 g/mol. The summed E-state index contributed by atoms with van der Waals surface area (Å²) in [5.74, 6) is -6.23. The number of likely N-dealkylation sites (tertiary alicyclic amines) is 1. The van der Waals surface area contributed by atoms with E-state index in [9.17, 15) is 26.7 Å². The number of alkyl halides is 3. The van der Waals surface area contributed by atoms with E-state index in [4.69, 9.17) is 9.26 Å². The predicted octanol–water partition coefficient (Wildman–Crippen LogP) is 4.08. The van der Waals surface area contributed by atoms with Gasteiger partial charge in [0.1, 0.15) is 11.3 Å². The first-order valence-corrected chi connectivity index (χ1v) is 12.0. The van der Waals surface area contributed by atoms with Gasteiger partial charge >= 0.3 is 12.1 Å². The van der Waals surface area contributed by atoms with Gasteiger partial charge in [-0.1, -0.05) is 6.92 Å². The summed E-state index contributed by atoms with van der Waals surface area (Å²) in [6.45, 7) is 4.79. The number of aryl methyl sites for hydroxylation is 1. The number of hydrogen-bond acceptors (Lipinski definition) is 8. The number of aromatic nitrogens is 4. The SMILES string of the molecule is CCc1nn(-c2noc(C3CCN(C4CCOCC4)CC3)n2)c2c(F)c(F)cc(OC(=O)C(F)(F)F)c12. The van der Waals surface area contributed by atoms with E-state index < -0.39 is 35.0 Å². The van der Waals surface area contributed by atoms with Crippen LogP contribution in [0.25, 0.3) is 16.9 Å². The summed E-state index contributed by atoms with van der Waals surface area (Å²) in [4.78, 5) is 18.2. The molecule has 37 heavy (non-hydrogen) atoms. The van der Waals surface area contributed by atoms with E-state index in [1.54, 1.807) is 6.92 Å². The Morgan fingerprint density at radius 2 is 1.86 bits per heavy atom. The van der Waals surface area contributed by atoms with E-state index in [0.29, 0.717) is 18.0 Å². The van der Waals surface area contributed by atoms with Crippen molar-refractivity contribution in [3.05, 3.63) is 29.3 Å². The van der Waals surface area contributed by atoms with Gasteiger partial charge in [0.05, 0.1) is 11.1 Å². The number of ether oxygens (including phenoxy) is 2. The van der Waals surface area contributed by atoms with E-state index in [0.717, 1.165) is 56.7 Å². The van der Waals surface area contributed by atoms with Crippen LogP contribution in [0.4, 0.5) is 22.0 Å². The van der Waals surface area contributed by atoms with Crippen LogP contribution in [0.3, 0.4) is 0 Å². The Kier molecular flexibility index (Phi) is 6.88. The van der Waals surface area contributed by atoms with Crippen molar-refractivity contribution in [2.45, 2.75) is 57.2 Å². The fraction of sp³-hybridized carbons (Fsp3) is 0.565. The summed E-state index contributed by atoms with van der Waals surface area (Å²) in [6, 6.07) is 0.870. The molecule has 200 valence electrons. The fourth-order valence-corrected chi connectivity index (χ4v) is 4.96. The normalized spacial score (nSPS) is 18.5. The Labute approximate surface area is 207 Å². The van der Waals surface area contributed by atoms with Crippen molar-refractivity contribution in [1.82, 2.24) is 24.8 Å². The molecule has 0 bridgehead atoms. The van der Waals surface area contributed by atoms with Crippen LogP contribution < -0.4 is 4.74 Å². The van der Waals surface area contributed by atoms with Gasteiger partial charge in [-0.2, -0.15) is 27.9 Å². The summed E-state index contributed by atoms with van der Waals surface area (Å²) in [5, 5.41) is 7.77. The number of benzene rings is 1. The Hall–Kier alpha value is -3.13. The molecule has 2 fully saturated rings. The summed E-state index contributed by atoms with van der Waals surface area (Å²) < 4.78 is 83.7. The van der Waals surface area contributed by atoms with Crippen molar-refractivity contribution < 1.29 is 40.7 Å². The molecule has 0 unspecified atom stereocenters. The van der Waals surface area contributed by atoms with Crippen LogP contribution in [-0.4, -0.2) is 69.3 Å². The Morgan fingerprint density at radius 1 is 1.16 bits per heavy atom. The summed E-state index contributed by atoms with van der Waals surface area (Å²) >= 11 is 0. The zero-order valence-corrected chi connectivity index (χ0v) is 19.9. The first-order chi connectivity index (χ1) is 17.7. The predicted molar refractivity (Wildman–Crippen MR) is 117 cm³/mol. The van der Waals surface area contributed by atoms with Gasteiger partial charge in [0.2, 0.25) is 5.89 Å². The van der Waals surface area contributed by atoms with Crippen LogP contribution in [0.1, 0.15) is 50.1 Å². The van der Waals surface area contributed by atoms with Crippen molar-refractivity contribution in [2.75, 3.05) is 26.3 Å². The molecule has 0 radical (unpaired) electrons. The van der Waals surface area contributed by atoms with E-state index in [1.165, 1.54) is 0 Å². The number of esters is 1. The second-order valence-corrected chi connectivity index (χ2v) is 9.08. The number of carbonyl (C=O) groups excluding carboxylic acids is 1. The molecule has 0 amide bonds. The highest BCUT2D eigenvalue weighted by molar-refractivity contribution is 5.92. The van der Waals surface area contributed by atoms with E-state index in [2.05, 4.69) is 24.9 Å². The van der Waals surface area contributed by atoms with Crippen molar-refractivity contribution in [3.8, 4) is 11.7 Å². The lowest BCUT2D eigenvalue weighted by Crippen LogP contribution is -2.43. The highest BCUT2D eigenvalue weighted by Crippen LogP contribution is 2.36. The molecule has 4 heterocycles. The van der Waals surface area contributed by atoms with Gasteiger partial charge in [-0.25, -0.2) is 13.6 Å². The molecule has 2 aliphatic heterocycles. The molecule has 0 saturated carbocycles. The molecular formula is C23H24F5N5O4. The van der Waals surface area contributed by atoms with Crippen molar-refractivity contribution in [3.63, 3.8) is 0 Å². The number of nitrogens with zero attached hydrogens (tertiary/aromatic N) is 5. The summed E-state index contributed by atoms with van der Waals surface area (Å²) in [5.41, 5.74) is -0.487. The first kappa shape index (κ1) is 25.5. The standard InChI is InChI=1S/C23H24F5N5O4/c1-2-15-17-16(36-21(34)23(26,27)28)11-14(24)18(25)19(17)33(30-15)22-29-20(37-31-22)12-3-7-32(8-4-12)13-5-9-35-10-6-13/h11-13H,2-10H2,1H3. The lowest BCUT2D eigenvalue weighted by molar-refractivity contribution is -0.189. The molecule has 0 atom stereocenters. The van der Waals surface area contributed by atoms with E-state index in [1.807, 2.05) is 0 Å². The zero-order valence-electron chi connectivity index (χ0n) is 19.9. The van der Waals surface area contributed by atoms with E-state index in [-0.39, 0.29) is 29.4 Å². The number of halogens is 5. The molecule has 9 nitrogen and oxygen atoms in total. The minimum Gasteiger partial charge on any atom is -0.419 e. The van der Waals surface area contributed by atoms with Gasteiger partial charge in [0, 0.05) is 31.2 Å². The Bertz CT molecular complexity index is 1290. The number of carbonyl (C=O) groups is 1. The highest BCUT2D eigenvalue weighted by Gasteiger charge is 2.42. The van der Waals surface area contributed by atoms with Crippen LogP contribution in [0.5, 0.6) is 5.75 Å². The average Bonchev–Trinajstić information content (AvgIpc) is 3.52. The van der Waals surface area contributed by atoms with Crippen LogP contribution in [-0.2, 0) is 16.0 Å². The molecular weight excluding hydrogens is 505 g/mol. The molecule has 0 aliphatic carbocycles. The maximum Gasteiger partial charge on any atom is 0.491 e. The van der Waals surface area contributed by atoms with Crippen molar-refractivity contribution in [1.29, 1.82) is 0 Å². The van der Waals surface area contributed by atoms with Gasteiger partial charge in [-0.15, -0.1) is 0 Å². The van der Waals surface area contributed by atoms with Gasteiger partial charge in [0.15, 0.2) is 11.6 Å². The topological polar surface area (TPSA) is 95.5 Å². The maximum atomic E-state index is 14.9. The number of rotatable bonds is 5. The second kappa shape index (κ2) is 9.97.